The van der Waals surface area contributed by atoms with Crippen LogP contribution in [0.4, 0.5) is 10.1 Å². The molecule has 2 aromatic carbocycles. The van der Waals surface area contributed by atoms with Crippen LogP contribution in [-0.4, -0.2) is 21.8 Å². The van der Waals surface area contributed by atoms with Gasteiger partial charge in [-0.15, -0.1) is 23.2 Å². The van der Waals surface area contributed by atoms with E-state index in [1.165, 1.54) is 24.3 Å². The molecule has 3 rings (SSSR count). The fourth-order valence-corrected chi connectivity index (χ4v) is 3.22. The Balaban J connectivity index is 2.27. The van der Waals surface area contributed by atoms with Crippen molar-refractivity contribution in [1.29, 1.82) is 0 Å². The molecule has 0 saturated carbocycles. The molecule has 1 heterocycles. The molecule has 1 N–H and O–H groups in total. The summed E-state index contributed by atoms with van der Waals surface area (Å²) in [6, 6.07) is 9.68. The average molecular weight is 368 g/mol. The lowest BCUT2D eigenvalue weighted by Crippen LogP contribution is -2.57. The zero-order valence-corrected chi connectivity index (χ0v) is 14.0. The number of aliphatic hydroxyl groups is 1. The van der Waals surface area contributed by atoms with Crippen molar-refractivity contribution >= 4 is 40.7 Å². The Labute approximate surface area is 147 Å². The first-order valence-corrected chi connectivity index (χ1v) is 7.91. The van der Waals surface area contributed by atoms with Gasteiger partial charge in [0.2, 0.25) is 5.60 Å². The monoisotopic (exact) mass is 367 g/mol. The Morgan fingerprint density at radius 3 is 2.46 bits per heavy atom. The van der Waals surface area contributed by atoms with Crippen LogP contribution < -0.4 is 4.90 Å². The maximum Gasteiger partial charge on any atom is 0.273 e. The van der Waals surface area contributed by atoms with Gasteiger partial charge in [-0.1, -0.05) is 18.2 Å². The molecule has 4 nitrogen and oxygen atoms in total. The van der Waals surface area contributed by atoms with E-state index in [1.807, 2.05) is 0 Å². The number of anilines is 1. The molecule has 1 aliphatic heterocycles. The molecule has 0 radical (unpaired) electrons. The number of nitrogens with zero attached hydrogens (tertiary/aromatic N) is 1. The standard InChI is InChI=1S/C17H12Cl2FNO3/c1-9-8-10(20)6-7-13(9)21-14(22)11-4-2-3-5-12(11)17(24,15(18)19)16(21)23/h2-8,15,24H,1H3. The number of halogens is 3. The van der Waals surface area contributed by atoms with Crippen LogP contribution in [0.25, 0.3) is 0 Å². The lowest BCUT2D eigenvalue weighted by atomic mass is 9.85. The fraction of sp³-hybridized carbons (Fsp3) is 0.176. The van der Waals surface area contributed by atoms with E-state index in [-0.39, 0.29) is 16.8 Å². The van der Waals surface area contributed by atoms with Gasteiger partial charge in [0.1, 0.15) is 10.7 Å². The summed E-state index contributed by atoms with van der Waals surface area (Å²) in [7, 11) is 0. The predicted octanol–water partition coefficient (Wildman–Crippen LogP) is 3.31. The quantitative estimate of drug-likeness (QED) is 0.654. The third kappa shape index (κ3) is 2.32. The Kier molecular flexibility index (Phi) is 4.11. The van der Waals surface area contributed by atoms with E-state index >= 15 is 0 Å². The lowest BCUT2D eigenvalue weighted by molar-refractivity contribution is -0.136. The molecule has 24 heavy (non-hydrogen) atoms. The van der Waals surface area contributed by atoms with E-state index in [0.717, 1.165) is 11.0 Å². The number of rotatable bonds is 2. The number of benzene rings is 2. The fourth-order valence-electron chi connectivity index (χ4n) is 2.80. The van der Waals surface area contributed by atoms with Crippen LogP contribution in [0, 0.1) is 12.7 Å². The summed E-state index contributed by atoms with van der Waals surface area (Å²) in [6.07, 6.45) is 0. The Hall–Kier alpha value is -1.95. The van der Waals surface area contributed by atoms with E-state index in [4.69, 9.17) is 23.2 Å². The van der Waals surface area contributed by atoms with E-state index in [1.54, 1.807) is 19.1 Å². The summed E-state index contributed by atoms with van der Waals surface area (Å²) in [4.78, 5) is 25.0. The zero-order valence-electron chi connectivity index (χ0n) is 12.5. The second-order valence-electron chi connectivity index (χ2n) is 5.49. The molecule has 0 aromatic heterocycles. The van der Waals surface area contributed by atoms with E-state index in [0.29, 0.717) is 5.56 Å². The Morgan fingerprint density at radius 2 is 1.83 bits per heavy atom. The van der Waals surface area contributed by atoms with Crippen molar-refractivity contribution in [3.8, 4) is 0 Å². The summed E-state index contributed by atoms with van der Waals surface area (Å²) in [5.41, 5.74) is -1.61. The molecule has 1 unspecified atom stereocenters. The van der Waals surface area contributed by atoms with Crippen LogP contribution in [0.5, 0.6) is 0 Å². The summed E-state index contributed by atoms with van der Waals surface area (Å²) in [5, 5.41) is 10.9. The molecular weight excluding hydrogens is 356 g/mol. The highest BCUT2D eigenvalue weighted by molar-refractivity contribution is 6.47. The van der Waals surface area contributed by atoms with Crippen molar-refractivity contribution in [3.05, 3.63) is 65.0 Å². The van der Waals surface area contributed by atoms with E-state index in [9.17, 15) is 19.1 Å². The summed E-state index contributed by atoms with van der Waals surface area (Å²) in [6.45, 7) is 1.55. The molecule has 2 amide bonds. The molecule has 0 bridgehead atoms. The number of carbonyl (C=O) groups excluding carboxylic acids is 2. The molecule has 1 aliphatic rings. The smallest absolute Gasteiger partial charge is 0.273 e. The Bertz CT molecular complexity index is 855. The van der Waals surface area contributed by atoms with Gasteiger partial charge >= 0.3 is 0 Å². The molecule has 124 valence electrons. The minimum Gasteiger partial charge on any atom is -0.373 e. The number of imide groups is 1. The second kappa shape index (κ2) is 5.84. The highest BCUT2D eigenvalue weighted by Crippen LogP contribution is 2.41. The third-order valence-electron chi connectivity index (χ3n) is 4.02. The normalized spacial score (nSPS) is 20.5. The van der Waals surface area contributed by atoms with Crippen molar-refractivity contribution < 1.29 is 19.1 Å². The minimum absolute atomic E-state index is 0.0472. The van der Waals surface area contributed by atoms with Crippen molar-refractivity contribution in [3.63, 3.8) is 0 Å². The van der Waals surface area contributed by atoms with Gasteiger partial charge in [0.05, 0.1) is 5.69 Å². The number of carbonyl (C=O) groups is 2. The molecule has 0 fully saturated rings. The second-order valence-corrected chi connectivity index (χ2v) is 6.59. The molecule has 7 heteroatoms. The summed E-state index contributed by atoms with van der Waals surface area (Å²) in [5.74, 6) is -2.11. The van der Waals surface area contributed by atoms with Gasteiger partial charge in [-0.3, -0.25) is 9.59 Å². The van der Waals surface area contributed by atoms with Crippen LogP contribution in [0.3, 0.4) is 0 Å². The molecule has 0 spiro atoms. The number of aryl methyl sites for hydroxylation is 1. The highest BCUT2D eigenvalue weighted by Gasteiger charge is 2.54. The van der Waals surface area contributed by atoms with Crippen LogP contribution >= 0.6 is 23.2 Å². The largest absolute Gasteiger partial charge is 0.373 e. The average Bonchev–Trinajstić information content (AvgIpc) is 2.54. The lowest BCUT2D eigenvalue weighted by Gasteiger charge is -2.39. The number of amides is 2. The van der Waals surface area contributed by atoms with Crippen molar-refractivity contribution in [1.82, 2.24) is 0 Å². The van der Waals surface area contributed by atoms with Gasteiger partial charge in [0.25, 0.3) is 11.8 Å². The van der Waals surface area contributed by atoms with Gasteiger partial charge in [-0.2, -0.15) is 0 Å². The first-order chi connectivity index (χ1) is 11.3. The van der Waals surface area contributed by atoms with Crippen molar-refractivity contribution in [2.24, 2.45) is 0 Å². The van der Waals surface area contributed by atoms with Gasteiger partial charge in [-0.25, -0.2) is 9.29 Å². The Morgan fingerprint density at radius 1 is 1.17 bits per heavy atom. The van der Waals surface area contributed by atoms with Gasteiger partial charge in [-0.05, 0) is 36.8 Å². The molecular formula is C17H12Cl2FNO3. The molecule has 0 saturated heterocycles. The van der Waals surface area contributed by atoms with Crippen molar-refractivity contribution in [2.45, 2.75) is 17.4 Å². The SMILES string of the molecule is Cc1cc(F)ccc1N1C(=O)c2ccccc2C(O)(C(Cl)Cl)C1=O. The molecule has 0 aliphatic carbocycles. The van der Waals surface area contributed by atoms with Crippen LogP contribution in [0.1, 0.15) is 21.5 Å². The predicted molar refractivity (Wildman–Crippen MR) is 88.8 cm³/mol. The minimum atomic E-state index is -2.28. The molecule has 2 aromatic rings. The topological polar surface area (TPSA) is 57.6 Å². The zero-order chi connectivity index (χ0) is 17.6. The van der Waals surface area contributed by atoms with Crippen molar-refractivity contribution in [2.75, 3.05) is 4.90 Å². The van der Waals surface area contributed by atoms with Gasteiger partial charge in [0, 0.05) is 11.1 Å². The third-order valence-corrected chi connectivity index (χ3v) is 4.65. The van der Waals surface area contributed by atoms with E-state index < -0.39 is 28.1 Å². The highest BCUT2D eigenvalue weighted by atomic mass is 35.5. The van der Waals surface area contributed by atoms with Gasteiger partial charge < -0.3 is 5.11 Å². The number of alkyl halides is 2. The summed E-state index contributed by atoms with van der Waals surface area (Å²) >= 11 is 11.8. The maximum atomic E-state index is 13.3. The van der Waals surface area contributed by atoms with E-state index in [2.05, 4.69) is 0 Å². The maximum absolute atomic E-state index is 13.3. The van der Waals surface area contributed by atoms with Crippen LogP contribution in [0.2, 0.25) is 0 Å². The number of hydrogen-bond donors (Lipinski definition) is 1. The molecule has 1 atom stereocenters. The number of fused-ring (bicyclic) bond motifs is 1. The van der Waals surface area contributed by atoms with Gasteiger partial charge in [0.15, 0.2) is 0 Å². The first kappa shape index (κ1) is 16.9. The first-order valence-electron chi connectivity index (χ1n) is 7.03. The number of hydrogen-bond acceptors (Lipinski definition) is 3. The van der Waals surface area contributed by atoms with Crippen LogP contribution in [-0.2, 0) is 10.4 Å². The summed E-state index contributed by atoms with van der Waals surface area (Å²) < 4.78 is 13.3. The van der Waals surface area contributed by atoms with Crippen LogP contribution in [0.15, 0.2) is 42.5 Å².